The highest BCUT2D eigenvalue weighted by atomic mass is 35.5. The largest absolute Gasteiger partial charge is 0.493 e. The number of ether oxygens (including phenoxy) is 1. The second-order valence-corrected chi connectivity index (χ2v) is 4.81. The molecule has 0 heterocycles. The van der Waals surface area contributed by atoms with Gasteiger partial charge in [-0.05, 0) is 43.2 Å². The van der Waals surface area contributed by atoms with Crippen molar-refractivity contribution in [2.45, 2.75) is 17.7 Å². The number of hydrogen-bond donors (Lipinski definition) is 0. The molecule has 1 aliphatic carbocycles. The highest BCUT2D eigenvalue weighted by Crippen LogP contribution is 2.32. The molecule has 0 N–H and O–H groups in total. The topological polar surface area (TPSA) is 9.23 Å². The maximum atomic E-state index is 6.06. The van der Waals surface area contributed by atoms with Crippen LogP contribution < -0.4 is 4.74 Å². The lowest BCUT2D eigenvalue weighted by Crippen LogP contribution is -1.98. The van der Waals surface area contributed by atoms with Crippen LogP contribution >= 0.6 is 23.4 Å². The molecule has 0 saturated heterocycles. The molecule has 0 radical (unpaired) electrons. The lowest BCUT2D eigenvalue weighted by Gasteiger charge is -2.07. The molecule has 2 rings (SSSR count). The number of hydrogen-bond acceptors (Lipinski definition) is 2. The molecule has 0 unspecified atom stereocenters. The Kier molecular flexibility index (Phi) is 3.24. The Balaban J connectivity index is 1.99. The van der Waals surface area contributed by atoms with Crippen LogP contribution in [0.1, 0.15) is 12.8 Å². The van der Waals surface area contributed by atoms with Crippen LogP contribution in [0.3, 0.4) is 0 Å². The fourth-order valence-electron chi connectivity index (χ4n) is 1.24. The van der Waals surface area contributed by atoms with E-state index in [1.165, 1.54) is 12.8 Å². The molecule has 1 aromatic rings. The third-order valence-electron chi connectivity index (χ3n) is 2.31. The van der Waals surface area contributed by atoms with Crippen LogP contribution in [-0.2, 0) is 0 Å². The third kappa shape index (κ3) is 2.58. The van der Waals surface area contributed by atoms with Crippen molar-refractivity contribution in [3.8, 4) is 5.75 Å². The first kappa shape index (κ1) is 10.2. The summed E-state index contributed by atoms with van der Waals surface area (Å²) in [5.74, 6) is 1.67. The second kappa shape index (κ2) is 4.45. The van der Waals surface area contributed by atoms with E-state index in [9.17, 15) is 0 Å². The van der Waals surface area contributed by atoms with E-state index in [1.807, 2.05) is 24.5 Å². The minimum atomic E-state index is 0.783. The quantitative estimate of drug-likeness (QED) is 0.724. The Bertz CT molecular complexity index is 323. The van der Waals surface area contributed by atoms with Crippen LogP contribution in [0, 0.1) is 5.92 Å². The van der Waals surface area contributed by atoms with E-state index in [4.69, 9.17) is 16.3 Å². The molecule has 1 saturated carbocycles. The number of halogens is 1. The van der Waals surface area contributed by atoms with Crippen molar-refractivity contribution >= 4 is 23.4 Å². The van der Waals surface area contributed by atoms with Gasteiger partial charge in [0.2, 0.25) is 0 Å². The summed E-state index contributed by atoms with van der Waals surface area (Å²) in [5.41, 5.74) is 0. The van der Waals surface area contributed by atoms with E-state index < -0.39 is 0 Å². The van der Waals surface area contributed by atoms with Crippen molar-refractivity contribution in [2.24, 2.45) is 5.92 Å². The third-order valence-corrected chi connectivity index (χ3v) is 3.53. The molecule has 1 aliphatic rings. The fourth-order valence-corrected chi connectivity index (χ4v) is 2.10. The Labute approximate surface area is 93.8 Å². The maximum absolute atomic E-state index is 6.06. The summed E-state index contributed by atoms with van der Waals surface area (Å²) in [7, 11) is 0. The van der Waals surface area contributed by atoms with Crippen LogP contribution in [0.4, 0.5) is 0 Å². The fraction of sp³-hybridized carbons (Fsp3) is 0.455. The molecule has 0 spiro atoms. The van der Waals surface area contributed by atoms with Gasteiger partial charge in [-0.15, -0.1) is 11.8 Å². The van der Waals surface area contributed by atoms with Crippen LogP contribution in [0.25, 0.3) is 0 Å². The summed E-state index contributed by atoms with van der Waals surface area (Å²) in [6, 6.07) is 5.89. The second-order valence-electron chi connectivity index (χ2n) is 3.55. The SMILES string of the molecule is CSc1ccc(OCC2CC2)cc1Cl. The van der Waals surface area contributed by atoms with Gasteiger partial charge in [0.05, 0.1) is 11.6 Å². The molecule has 1 nitrogen and oxygen atoms in total. The van der Waals surface area contributed by atoms with Gasteiger partial charge in [-0.1, -0.05) is 11.6 Å². The van der Waals surface area contributed by atoms with Crippen molar-refractivity contribution in [3.05, 3.63) is 23.2 Å². The van der Waals surface area contributed by atoms with Crippen molar-refractivity contribution in [1.82, 2.24) is 0 Å². The summed E-state index contributed by atoms with van der Waals surface area (Å²) in [5, 5.41) is 0.783. The van der Waals surface area contributed by atoms with Crippen LogP contribution in [-0.4, -0.2) is 12.9 Å². The predicted molar refractivity (Wildman–Crippen MR) is 61.5 cm³/mol. The van der Waals surface area contributed by atoms with E-state index in [1.54, 1.807) is 11.8 Å². The van der Waals surface area contributed by atoms with Gasteiger partial charge >= 0.3 is 0 Å². The Morgan fingerprint density at radius 1 is 1.50 bits per heavy atom. The molecule has 0 aliphatic heterocycles. The lowest BCUT2D eigenvalue weighted by molar-refractivity contribution is 0.299. The van der Waals surface area contributed by atoms with Gasteiger partial charge in [0.1, 0.15) is 5.75 Å². The lowest BCUT2D eigenvalue weighted by atomic mass is 10.3. The van der Waals surface area contributed by atoms with Gasteiger partial charge in [-0.25, -0.2) is 0 Å². The van der Waals surface area contributed by atoms with Gasteiger partial charge in [-0.2, -0.15) is 0 Å². The smallest absolute Gasteiger partial charge is 0.120 e. The van der Waals surface area contributed by atoms with Crippen molar-refractivity contribution in [3.63, 3.8) is 0 Å². The Morgan fingerprint density at radius 3 is 2.86 bits per heavy atom. The zero-order chi connectivity index (χ0) is 9.97. The molecule has 3 heteroatoms. The molecule has 0 atom stereocenters. The van der Waals surface area contributed by atoms with Gasteiger partial charge in [0.25, 0.3) is 0 Å². The first-order valence-electron chi connectivity index (χ1n) is 4.76. The summed E-state index contributed by atoms with van der Waals surface area (Å²) < 4.78 is 5.62. The van der Waals surface area contributed by atoms with E-state index in [0.29, 0.717) is 0 Å². The minimum Gasteiger partial charge on any atom is -0.493 e. The molecule has 76 valence electrons. The standard InChI is InChI=1S/C11H13ClOS/c1-14-11-5-4-9(6-10(11)12)13-7-8-2-3-8/h4-6,8H,2-3,7H2,1H3. The highest BCUT2D eigenvalue weighted by Gasteiger charge is 2.21. The molecule has 0 amide bonds. The molecular formula is C11H13ClOS. The van der Waals surface area contributed by atoms with E-state index >= 15 is 0 Å². The molecular weight excluding hydrogens is 216 g/mol. The first-order chi connectivity index (χ1) is 6.79. The first-order valence-corrected chi connectivity index (χ1v) is 6.36. The Hall–Kier alpha value is -0.340. The number of thioether (sulfide) groups is 1. The van der Waals surface area contributed by atoms with Crippen LogP contribution in [0.15, 0.2) is 23.1 Å². The molecule has 14 heavy (non-hydrogen) atoms. The summed E-state index contributed by atoms with van der Waals surface area (Å²) in [4.78, 5) is 1.10. The zero-order valence-electron chi connectivity index (χ0n) is 8.13. The summed E-state index contributed by atoms with van der Waals surface area (Å²) >= 11 is 7.71. The molecule has 1 fully saturated rings. The van der Waals surface area contributed by atoms with E-state index in [0.717, 1.165) is 28.2 Å². The highest BCUT2D eigenvalue weighted by molar-refractivity contribution is 7.98. The number of rotatable bonds is 4. The number of benzene rings is 1. The van der Waals surface area contributed by atoms with E-state index in [2.05, 4.69) is 0 Å². The molecule has 1 aromatic carbocycles. The zero-order valence-corrected chi connectivity index (χ0v) is 9.70. The van der Waals surface area contributed by atoms with Crippen molar-refractivity contribution in [2.75, 3.05) is 12.9 Å². The molecule has 0 aromatic heterocycles. The van der Waals surface area contributed by atoms with Crippen molar-refractivity contribution < 1.29 is 4.74 Å². The average molecular weight is 229 g/mol. The monoisotopic (exact) mass is 228 g/mol. The minimum absolute atomic E-state index is 0.783. The van der Waals surface area contributed by atoms with Crippen LogP contribution in [0.5, 0.6) is 5.75 Å². The molecule has 0 bridgehead atoms. The van der Waals surface area contributed by atoms with Gasteiger partial charge < -0.3 is 4.74 Å². The van der Waals surface area contributed by atoms with Gasteiger partial charge in [0.15, 0.2) is 0 Å². The average Bonchev–Trinajstić information content (AvgIpc) is 2.98. The van der Waals surface area contributed by atoms with Gasteiger partial charge in [-0.3, -0.25) is 0 Å². The van der Waals surface area contributed by atoms with Crippen LogP contribution in [0.2, 0.25) is 5.02 Å². The van der Waals surface area contributed by atoms with Crippen molar-refractivity contribution in [1.29, 1.82) is 0 Å². The maximum Gasteiger partial charge on any atom is 0.120 e. The van der Waals surface area contributed by atoms with E-state index in [-0.39, 0.29) is 0 Å². The van der Waals surface area contributed by atoms with Gasteiger partial charge in [0, 0.05) is 4.90 Å². The normalized spacial score (nSPS) is 15.6. The predicted octanol–water partition coefficient (Wildman–Crippen LogP) is 3.85. The summed E-state index contributed by atoms with van der Waals surface area (Å²) in [6.45, 7) is 0.842. The Morgan fingerprint density at radius 2 is 2.29 bits per heavy atom. The summed E-state index contributed by atoms with van der Waals surface area (Å²) in [6.07, 6.45) is 4.65.